The summed E-state index contributed by atoms with van der Waals surface area (Å²) in [6, 6.07) is 3.87. The molecule has 0 saturated carbocycles. The summed E-state index contributed by atoms with van der Waals surface area (Å²) in [5.41, 5.74) is 6.16. The molecule has 0 aromatic heterocycles. The summed E-state index contributed by atoms with van der Waals surface area (Å²) in [4.78, 5) is 72.8. The summed E-state index contributed by atoms with van der Waals surface area (Å²) in [7, 11) is 0. The van der Waals surface area contributed by atoms with Gasteiger partial charge in [0.2, 0.25) is 11.8 Å². The number of aliphatic carboxylic acids is 2. The summed E-state index contributed by atoms with van der Waals surface area (Å²) >= 11 is 4.40. The zero-order valence-corrected chi connectivity index (χ0v) is 22.7. The van der Waals surface area contributed by atoms with Gasteiger partial charge in [0.05, 0.1) is 11.4 Å². The minimum Gasteiger partial charge on any atom is -0.480 e. The zero-order valence-electron chi connectivity index (χ0n) is 20.3. The van der Waals surface area contributed by atoms with Crippen molar-refractivity contribution in [3.8, 4) is 0 Å². The maximum Gasteiger partial charge on any atom is 0.322 e. The Hall–Kier alpha value is -3.33. The Kier molecular flexibility index (Phi) is 10.2. The fourth-order valence-corrected chi connectivity index (χ4v) is 6.11. The van der Waals surface area contributed by atoms with E-state index in [1.54, 1.807) is 30.3 Å². The number of aliphatic hydroxyl groups excluding tert-OH is 1. The number of halogens is 1. The van der Waals surface area contributed by atoms with Crippen molar-refractivity contribution in [2.75, 3.05) is 12.3 Å². The van der Waals surface area contributed by atoms with Gasteiger partial charge in [-0.2, -0.15) is 0 Å². The Balaban J connectivity index is 1.72. The van der Waals surface area contributed by atoms with Gasteiger partial charge in [0.25, 0.3) is 0 Å². The highest BCUT2D eigenvalue weighted by Gasteiger charge is 2.45. The molecule has 3 rings (SSSR count). The second-order valence-corrected chi connectivity index (χ2v) is 10.9. The quantitative estimate of drug-likeness (QED) is 0.173. The highest BCUT2D eigenvalue weighted by Crippen LogP contribution is 2.40. The SMILES string of the molecule is NC(CCC(=O)NC(CSC1C(Br)=CC=C(C2C(=O)c3ccccc3C2=O)C1O)C(=O)NCC(=O)O)C(=O)O. The van der Waals surface area contributed by atoms with Gasteiger partial charge in [-0.3, -0.25) is 28.8 Å². The van der Waals surface area contributed by atoms with Gasteiger partial charge in [0.15, 0.2) is 11.6 Å². The third-order valence-corrected chi connectivity index (χ3v) is 8.62. The first kappa shape index (κ1) is 30.2. The lowest BCUT2D eigenvalue weighted by molar-refractivity contribution is -0.139. The Labute approximate surface area is 235 Å². The smallest absolute Gasteiger partial charge is 0.322 e. The van der Waals surface area contributed by atoms with Crippen LogP contribution in [0.25, 0.3) is 0 Å². The molecule has 1 aromatic carbocycles. The second kappa shape index (κ2) is 13.2. The number of rotatable bonds is 12. The van der Waals surface area contributed by atoms with Crippen molar-refractivity contribution in [3.05, 3.63) is 57.6 Å². The molecule has 7 N–H and O–H groups in total. The maximum absolute atomic E-state index is 13.0. The lowest BCUT2D eigenvalue weighted by Crippen LogP contribution is -2.50. The average molecular weight is 624 g/mol. The van der Waals surface area contributed by atoms with E-state index in [2.05, 4.69) is 26.6 Å². The fourth-order valence-electron chi connectivity index (χ4n) is 4.12. The largest absolute Gasteiger partial charge is 0.480 e. The molecule has 2 amide bonds. The molecule has 39 heavy (non-hydrogen) atoms. The number of hydrogen-bond acceptors (Lipinski definition) is 9. The predicted octanol–water partition coefficient (Wildman–Crippen LogP) is 0.241. The van der Waals surface area contributed by atoms with E-state index in [9.17, 15) is 33.9 Å². The summed E-state index contributed by atoms with van der Waals surface area (Å²) in [6.07, 6.45) is 1.31. The van der Waals surface area contributed by atoms with Crippen LogP contribution in [0.3, 0.4) is 0 Å². The zero-order chi connectivity index (χ0) is 28.9. The second-order valence-electron chi connectivity index (χ2n) is 8.84. The molecule has 0 spiro atoms. The van der Waals surface area contributed by atoms with Crippen LogP contribution in [0.4, 0.5) is 0 Å². The Morgan fingerprint density at radius 3 is 2.23 bits per heavy atom. The number of thioether (sulfide) groups is 1. The van der Waals surface area contributed by atoms with Gasteiger partial charge < -0.3 is 31.7 Å². The van der Waals surface area contributed by atoms with E-state index < -0.39 is 71.2 Å². The Bertz CT molecular complexity index is 1230. The molecule has 0 radical (unpaired) electrons. The van der Waals surface area contributed by atoms with Gasteiger partial charge in [0, 0.05) is 27.8 Å². The lowest BCUT2D eigenvalue weighted by atomic mass is 9.86. The molecule has 0 heterocycles. The highest BCUT2D eigenvalue weighted by atomic mass is 79.9. The van der Waals surface area contributed by atoms with Crippen LogP contribution in [0, 0.1) is 5.92 Å². The molecule has 2 aliphatic carbocycles. The van der Waals surface area contributed by atoms with E-state index in [0.29, 0.717) is 4.48 Å². The topological polar surface area (TPSA) is 213 Å². The van der Waals surface area contributed by atoms with Crippen LogP contribution >= 0.6 is 27.7 Å². The molecule has 0 bridgehead atoms. The molecule has 0 aliphatic heterocycles. The molecule has 0 saturated heterocycles. The number of carbonyl (C=O) groups is 6. The van der Waals surface area contributed by atoms with Gasteiger partial charge in [-0.05, 0) is 12.0 Å². The number of ketones is 2. The van der Waals surface area contributed by atoms with E-state index in [0.717, 1.165) is 11.8 Å². The van der Waals surface area contributed by atoms with E-state index in [4.69, 9.17) is 15.9 Å². The minimum absolute atomic E-state index is 0.132. The van der Waals surface area contributed by atoms with Crippen molar-refractivity contribution in [1.29, 1.82) is 0 Å². The molecular formula is C25H26BrN3O9S. The monoisotopic (exact) mass is 623 g/mol. The number of carboxylic acid groups (broad SMARTS) is 2. The van der Waals surface area contributed by atoms with E-state index in [1.807, 2.05) is 0 Å². The molecule has 1 aromatic rings. The van der Waals surface area contributed by atoms with Crippen molar-refractivity contribution in [3.63, 3.8) is 0 Å². The summed E-state index contributed by atoms with van der Waals surface area (Å²) in [5, 5.41) is 32.8. The number of benzene rings is 1. The van der Waals surface area contributed by atoms with Crippen LogP contribution in [0.2, 0.25) is 0 Å². The number of amides is 2. The van der Waals surface area contributed by atoms with Crippen molar-refractivity contribution < 1.29 is 44.1 Å². The number of aliphatic hydroxyl groups is 1. The lowest BCUT2D eigenvalue weighted by Gasteiger charge is -2.30. The Morgan fingerprint density at radius 2 is 1.67 bits per heavy atom. The predicted molar refractivity (Wildman–Crippen MR) is 143 cm³/mol. The van der Waals surface area contributed by atoms with Gasteiger partial charge >= 0.3 is 11.9 Å². The van der Waals surface area contributed by atoms with E-state index in [1.165, 1.54) is 6.08 Å². The first-order valence-electron chi connectivity index (χ1n) is 11.7. The van der Waals surface area contributed by atoms with Crippen LogP contribution < -0.4 is 16.4 Å². The number of hydrogen-bond donors (Lipinski definition) is 6. The van der Waals surface area contributed by atoms with Crippen molar-refractivity contribution in [2.24, 2.45) is 11.7 Å². The fraction of sp³-hybridized carbons (Fsp3) is 0.360. The number of nitrogens with one attached hydrogen (secondary N) is 2. The van der Waals surface area contributed by atoms with Gasteiger partial charge in [-0.25, -0.2) is 0 Å². The Morgan fingerprint density at radius 1 is 1.05 bits per heavy atom. The molecular weight excluding hydrogens is 598 g/mol. The first-order chi connectivity index (χ1) is 18.4. The number of Topliss-reactive ketones (excluding diaryl/α,β-unsaturated/α-hetero) is 2. The molecule has 12 nitrogen and oxygen atoms in total. The third-order valence-electron chi connectivity index (χ3n) is 6.16. The van der Waals surface area contributed by atoms with E-state index in [-0.39, 0.29) is 35.3 Å². The van der Waals surface area contributed by atoms with Crippen molar-refractivity contribution >= 4 is 63.0 Å². The number of carbonyl (C=O) groups excluding carboxylic acids is 4. The van der Waals surface area contributed by atoms with Crippen LogP contribution in [-0.4, -0.2) is 86.4 Å². The first-order valence-corrected chi connectivity index (χ1v) is 13.6. The average Bonchev–Trinajstić information content (AvgIpc) is 3.14. The number of nitrogens with two attached hydrogens (primary N) is 1. The molecule has 4 unspecified atom stereocenters. The molecule has 0 fully saturated rings. The molecule has 208 valence electrons. The van der Waals surface area contributed by atoms with Crippen LogP contribution in [-0.2, 0) is 19.2 Å². The van der Waals surface area contributed by atoms with E-state index >= 15 is 0 Å². The number of fused-ring (bicyclic) bond motifs is 1. The van der Waals surface area contributed by atoms with Crippen molar-refractivity contribution in [2.45, 2.75) is 36.3 Å². The normalized spacial score (nSPS) is 20.4. The summed E-state index contributed by atoms with van der Waals surface area (Å²) < 4.78 is 0.502. The summed E-state index contributed by atoms with van der Waals surface area (Å²) in [6.45, 7) is -0.700. The molecule has 4 atom stereocenters. The minimum atomic E-state index is -1.30. The summed E-state index contributed by atoms with van der Waals surface area (Å²) in [5.74, 6) is -6.24. The van der Waals surface area contributed by atoms with Crippen molar-refractivity contribution in [1.82, 2.24) is 10.6 Å². The van der Waals surface area contributed by atoms with Crippen LogP contribution in [0.1, 0.15) is 33.6 Å². The number of carboxylic acids is 2. The van der Waals surface area contributed by atoms with Gasteiger partial charge in [0.1, 0.15) is 24.5 Å². The number of allylic oxidation sites excluding steroid dienone is 2. The van der Waals surface area contributed by atoms with Gasteiger partial charge in [-0.1, -0.05) is 52.3 Å². The standard InChI is InChI=1S/C25H26BrN3O9S/c26-14-6-5-13(19-20(33)11-3-1-2-4-12(11)21(19)34)22(35)23(14)39-10-16(24(36)28-9-18(31)32)29-17(30)8-7-15(27)25(37)38/h1-6,15-16,19,22-23,35H,7-10,27H2,(H,28,36)(H,29,30)(H,31,32)(H,37,38). The highest BCUT2D eigenvalue weighted by molar-refractivity contribution is 9.11. The van der Waals surface area contributed by atoms with Crippen LogP contribution in [0.5, 0.6) is 0 Å². The van der Waals surface area contributed by atoms with Gasteiger partial charge in [-0.15, -0.1) is 11.8 Å². The molecule has 14 heteroatoms. The third kappa shape index (κ3) is 7.20. The maximum atomic E-state index is 13.0. The van der Waals surface area contributed by atoms with Crippen LogP contribution in [0.15, 0.2) is 46.5 Å². The molecule has 2 aliphatic rings.